The maximum Gasteiger partial charge on any atom is 0.434 e. The van der Waals surface area contributed by atoms with Crippen LogP contribution in [0.4, 0.5) is 18.3 Å². The number of nitrogens with one attached hydrogen (secondary N) is 1. The third-order valence-corrected chi connectivity index (χ3v) is 3.00. The molecule has 1 amide bonds. The molecule has 1 aromatic rings. The van der Waals surface area contributed by atoms with E-state index in [-0.39, 0.29) is 5.13 Å². The van der Waals surface area contributed by atoms with E-state index in [1.807, 2.05) is 0 Å². The number of aromatic nitrogens is 1. The summed E-state index contributed by atoms with van der Waals surface area (Å²) in [7, 11) is 0. The lowest BCUT2D eigenvalue weighted by Crippen LogP contribution is -2.26. The third-order valence-electron chi connectivity index (χ3n) is 2.25. The Hall–Kier alpha value is -1.15. The number of hydrogen-bond donors (Lipinski definition) is 1. The van der Waals surface area contributed by atoms with Gasteiger partial charge in [-0.2, -0.15) is 13.2 Å². The number of halogens is 3. The molecule has 0 radical (unpaired) electrons. The molecule has 0 aliphatic carbocycles. The standard InChI is InChI=1S/C9H9F3N2O2S/c10-9(11,12)6-4-17-8(13-6)14-7(15)5-2-1-3-16-5/h4-5H,1-3H2,(H,13,14,15). The maximum absolute atomic E-state index is 12.2. The lowest BCUT2D eigenvalue weighted by molar-refractivity contribution is -0.140. The van der Waals surface area contributed by atoms with E-state index in [1.165, 1.54) is 0 Å². The molecule has 1 saturated heterocycles. The molecule has 1 N–H and O–H groups in total. The van der Waals surface area contributed by atoms with Gasteiger partial charge in [0.05, 0.1) is 0 Å². The highest BCUT2D eigenvalue weighted by atomic mass is 32.1. The van der Waals surface area contributed by atoms with Crippen molar-refractivity contribution in [2.75, 3.05) is 11.9 Å². The average Bonchev–Trinajstić information content (AvgIpc) is 2.85. The van der Waals surface area contributed by atoms with Gasteiger partial charge in [0.15, 0.2) is 10.8 Å². The van der Waals surface area contributed by atoms with Crippen molar-refractivity contribution < 1.29 is 22.7 Å². The van der Waals surface area contributed by atoms with E-state index < -0.39 is 23.9 Å². The van der Waals surface area contributed by atoms with Gasteiger partial charge in [0, 0.05) is 12.0 Å². The molecule has 1 unspecified atom stereocenters. The Balaban J connectivity index is 1.99. The van der Waals surface area contributed by atoms with E-state index in [1.54, 1.807) is 0 Å². The van der Waals surface area contributed by atoms with Gasteiger partial charge in [0.1, 0.15) is 6.10 Å². The van der Waals surface area contributed by atoms with Crippen LogP contribution in [0.2, 0.25) is 0 Å². The number of amides is 1. The molecule has 0 aromatic carbocycles. The first-order chi connectivity index (χ1) is 7.97. The molecule has 1 aromatic heterocycles. The molecule has 8 heteroatoms. The van der Waals surface area contributed by atoms with Crippen LogP contribution < -0.4 is 5.32 Å². The van der Waals surface area contributed by atoms with Crippen molar-refractivity contribution in [3.8, 4) is 0 Å². The van der Waals surface area contributed by atoms with Gasteiger partial charge >= 0.3 is 6.18 Å². The Morgan fingerprint density at radius 3 is 2.88 bits per heavy atom. The molecule has 2 rings (SSSR count). The second-order valence-corrected chi connectivity index (χ2v) is 4.38. The molecule has 1 fully saturated rings. The zero-order valence-corrected chi connectivity index (χ0v) is 9.40. The summed E-state index contributed by atoms with van der Waals surface area (Å²) >= 11 is 0.745. The predicted molar refractivity (Wildman–Crippen MR) is 54.7 cm³/mol. The van der Waals surface area contributed by atoms with Gasteiger partial charge in [-0.25, -0.2) is 4.98 Å². The highest BCUT2D eigenvalue weighted by Crippen LogP contribution is 2.31. The minimum atomic E-state index is -4.48. The van der Waals surface area contributed by atoms with Crippen LogP contribution in [-0.2, 0) is 15.7 Å². The summed E-state index contributed by atoms with van der Waals surface area (Å²) in [6, 6.07) is 0. The number of thiazole rings is 1. The van der Waals surface area contributed by atoms with Crippen molar-refractivity contribution in [1.29, 1.82) is 0 Å². The number of alkyl halides is 3. The Kier molecular flexibility index (Phi) is 3.34. The van der Waals surface area contributed by atoms with Crippen molar-refractivity contribution in [3.63, 3.8) is 0 Å². The van der Waals surface area contributed by atoms with E-state index in [0.29, 0.717) is 13.0 Å². The number of anilines is 1. The molecule has 17 heavy (non-hydrogen) atoms. The molecular weight excluding hydrogens is 257 g/mol. The zero-order chi connectivity index (χ0) is 12.5. The molecule has 2 heterocycles. The monoisotopic (exact) mass is 266 g/mol. The van der Waals surface area contributed by atoms with E-state index in [4.69, 9.17) is 4.74 Å². The smallest absolute Gasteiger partial charge is 0.368 e. The molecule has 1 aliphatic heterocycles. The van der Waals surface area contributed by atoms with Crippen molar-refractivity contribution in [1.82, 2.24) is 4.98 Å². The summed E-state index contributed by atoms with van der Waals surface area (Å²) in [5.74, 6) is -0.439. The summed E-state index contributed by atoms with van der Waals surface area (Å²) in [6.45, 7) is 0.504. The fourth-order valence-corrected chi connectivity index (χ4v) is 2.15. The van der Waals surface area contributed by atoms with Gasteiger partial charge in [-0.1, -0.05) is 0 Å². The summed E-state index contributed by atoms with van der Waals surface area (Å²) < 4.78 is 41.8. The van der Waals surface area contributed by atoms with Gasteiger partial charge < -0.3 is 4.74 Å². The Labute approximate surface area is 98.8 Å². The molecule has 94 valence electrons. The highest BCUT2D eigenvalue weighted by molar-refractivity contribution is 7.13. The first-order valence-electron chi connectivity index (χ1n) is 4.92. The first-order valence-corrected chi connectivity index (χ1v) is 5.80. The maximum atomic E-state index is 12.2. The van der Waals surface area contributed by atoms with Crippen LogP contribution >= 0.6 is 11.3 Å². The van der Waals surface area contributed by atoms with Crippen molar-refractivity contribution >= 4 is 22.4 Å². The average molecular weight is 266 g/mol. The van der Waals surface area contributed by atoms with Crippen LogP contribution in [0.5, 0.6) is 0 Å². The highest BCUT2D eigenvalue weighted by Gasteiger charge is 2.34. The number of nitrogens with zero attached hydrogens (tertiary/aromatic N) is 1. The second-order valence-electron chi connectivity index (χ2n) is 3.53. The van der Waals surface area contributed by atoms with Gasteiger partial charge in [0.25, 0.3) is 5.91 Å². The molecule has 0 bridgehead atoms. The Morgan fingerprint density at radius 1 is 1.59 bits per heavy atom. The van der Waals surface area contributed by atoms with Crippen LogP contribution in [0.1, 0.15) is 18.5 Å². The largest absolute Gasteiger partial charge is 0.434 e. The van der Waals surface area contributed by atoms with E-state index in [2.05, 4.69) is 10.3 Å². The molecule has 1 atom stereocenters. The van der Waals surface area contributed by atoms with Gasteiger partial charge in [-0.05, 0) is 12.8 Å². The number of rotatable bonds is 2. The first kappa shape index (κ1) is 12.3. The summed E-state index contributed by atoms with van der Waals surface area (Å²) in [5.41, 5.74) is -0.995. The summed E-state index contributed by atoms with van der Waals surface area (Å²) in [6.07, 6.45) is -3.69. The number of hydrogen-bond acceptors (Lipinski definition) is 4. The minimum Gasteiger partial charge on any atom is -0.368 e. The van der Waals surface area contributed by atoms with Crippen LogP contribution in [-0.4, -0.2) is 23.6 Å². The summed E-state index contributed by atoms with van der Waals surface area (Å²) in [5, 5.41) is 3.13. The number of carbonyl (C=O) groups excluding carboxylic acids is 1. The quantitative estimate of drug-likeness (QED) is 0.893. The molecule has 4 nitrogen and oxygen atoms in total. The van der Waals surface area contributed by atoms with Gasteiger partial charge in [-0.3, -0.25) is 10.1 Å². The number of ether oxygens (including phenoxy) is 1. The lowest BCUT2D eigenvalue weighted by Gasteiger charge is -2.07. The van der Waals surface area contributed by atoms with E-state index in [9.17, 15) is 18.0 Å². The number of carbonyl (C=O) groups is 1. The Morgan fingerprint density at radius 2 is 2.35 bits per heavy atom. The molecule has 1 aliphatic rings. The molecule has 0 saturated carbocycles. The van der Waals surface area contributed by atoms with E-state index >= 15 is 0 Å². The fraction of sp³-hybridized carbons (Fsp3) is 0.556. The van der Waals surface area contributed by atoms with Crippen LogP contribution in [0.25, 0.3) is 0 Å². The van der Waals surface area contributed by atoms with Crippen LogP contribution in [0, 0.1) is 0 Å². The van der Waals surface area contributed by atoms with Crippen LogP contribution in [0.15, 0.2) is 5.38 Å². The molecule has 0 spiro atoms. The van der Waals surface area contributed by atoms with Crippen molar-refractivity contribution in [3.05, 3.63) is 11.1 Å². The zero-order valence-electron chi connectivity index (χ0n) is 8.58. The Bertz CT molecular complexity index is 413. The van der Waals surface area contributed by atoms with Crippen LogP contribution in [0.3, 0.4) is 0 Å². The van der Waals surface area contributed by atoms with Crippen molar-refractivity contribution in [2.45, 2.75) is 25.1 Å². The normalized spacial score (nSPS) is 20.5. The summed E-state index contributed by atoms with van der Waals surface area (Å²) in [4.78, 5) is 14.8. The van der Waals surface area contributed by atoms with E-state index in [0.717, 1.165) is 23.1 Å². The lowest BCUT2D eigenvalue weighted by atomic mass is 10.2. The second kappa shape index (κ2) is 4.61. The SMILES string of the molecule is O=C(Nc1nc(C(F)(F)F)cs1)C1CCCO1. The van der Waals surface area contributed by atoms with Gasteiger partial charge in [0.2, 0.25) is 0 Å². The topological polar surface area (TPSA) is 51.2 Å². The fourth-order valence-electron chi connectivity index (χ4n) is 1.43. The van der Waals surface area contributed by atoms with Crippen molar-refractivity contribution in [2.24, 2.45) is 0 Å². The minimum absolute atomic E-state index is 0.0576. The third kappa shape index (κ3) is 2.95. The predicted octanol–water partition coefficient (Wildman–Crippen LogP) is 2.28. The van der Waals surface area contributed by atoms with Gasteiger partial charge in [-0.15, -0.1) is 11.3 Å². The molecular formula is C9H9F3N2O2S.